The first-order chi connectivity index (χ1) is 13.3. The number of nitrogens with one attached hydrogen (secondary N) is 2. The van der Waals surface area contributed by atoms with E-state index in [1.807, 2.05) is 35.0 Å². The molecule has 1 fully saturated rings. The third-order valence-electron chi connectivity index (χ3n) is 5.33. The molecular weight excluding hydrogens is 356 g/mol. The van der Waals surface area contributed by atoms with E-state index in [1.165, 1.54) is 19.6 Å². The van der Waals surface area contributed by atoms with Gasteiger partial charge in [-0.25, -0.2) is 0 Å². The lowest BCUT2D eigenvalue weighted by atomic mass is 10.2. The van der Waals surface area contributed by atoms with Gasteiger partial charge in [0.25, 0.3) is 0 Å². The summed E-state index contributed by atoms with van der Waals surface area (Å²) in [5.41, 5.74) is 2.06. The van der Waals surface area contributed by atoms with Gasteiger partial charge in [-0.05, 0) is 43.4 Å². The molecule has 0 spiro atoms. The van der Waals surface area contributed by atoms with Gasteiger partial charge in [-0.1, -0.05) is 18.2 Å². The van der Waals surface area contributed by atoms with Gasteiger partial charge in [-0.2, -0.15) is 4.68 Å². The van der Waals surface area contributed by atoms with Gasteiger partial charge >= 0.3 is 0 Å². The lowest BCUT2D eigenvalue weighted by molar-refractivity contribution is -1.02. The van der Waals surface area contributed by atoms with E-state index in [0.717, 1.165) is 41.6 Å². The molecule has 4 rings (SSSR count). The third kappa shape index (κ3) is 3.85. The number of quaternary nitrogens is 2. The Morgan fingerprint density at radius 3 is 2.30 bits per heavy atom. The molecule has 140 valence electrons. The fraction of sp³-hybridized carbons (Fsp3) is 0.350. The molecule has 0 radical (unpaired) electrons. The quantitative estimate of drug-likeness (QED) is 0.621. The molecular formula is C20H26N6S+2. The van der Waals surface area contributed by atoms with Crippen LogP contribution in [0.25, 0.3) is 17.1 Å². The number of hydrogen-bond donors (Lipinski definition) is 2. The molecule has 0 bridgehead atoms. The summed E-state index contributed by atoms with van der Waals surface area (Å²) in [6.45, 7) is 9.04. The van der Waals surface area contributed by atoms with Gasteiger partial charge in [-0.15, -0.1) is 5.10 Å². The molecule has 1 saturated heterocycles. The predicted molar refractivity (Wildman–Crippen MR) is 108 cm³/mol. The smallest absolute Gasteiger partial charge is 0.207 e. The van der Waals surface area contributed by atoms with Crippen molar-refractivity contribution in [3.63, 3.8) is 0 Å². The first-order valence-electron chi connectivity index (χ1n) is 9.59. The largest absolute Gasteiger partial charge is 0.326 e. The van der Waals surface area contributed by atoms with Gasteiger partial charge < -0.3 is 9.80 Å². The lowest BCUT2D eigenvalue weighted by Gasteiger charge is -2.28. The highest BCUT2D eigenvalue weighted by Gasteiger charge is 2.23. The standard InChI is InChI=1S/C20H24N6S/c1-2-23-12-14-24(15-13-23)16-25-20(27)26(18-6-4-3-5-7-18)19(22-25)17-8-10-21-11-9-17/h3-11H,2,12-16H2,1H3/p+2. The van der Waals surface area contributed by atoms with Crippen molar-refractivity contribution < 1.29 is 9.80 Å². The predicted octanol–water partition coefficient (Wildman–Crippen LogP) is 0.226. The van der Waals surface area contributed by atoms with Crippen molar-refractivity contribution in [1.29, 1.82) is 0 Å². The molecule has 0 aliphatic carbocycles. The first kappa shape index (κ1) is 18.0. The van der Waals surface area contributed by atoms with E-state index >= 15 is 0 Å². The number of para-hydroxylation sites is 1. The second-order valence-corrected chi connectivity index (χ2v) is 7.39. The highest BCUT2D eigenvalue weighted by molar-refractivity contribution is 7.71. The molecule has 27 heavy (non-hydrogen) atoms. The van der Waals surface area contributed by atoms with E-state index in [0.29, 0.717) is 0 Å². The van der Waals surface area contributed by atoms with Crippen LogP contribution in [0.1, 0.15) is 6.92 Å². The highest BCUT2D eigenvalue weighted by atomic mass is 32.1. The first-order valence-corrected chi connectivity index (χ1v) is 10.00. The zero-order valence-electron chi connectivity index (χ0n) is 15.6. The van der Waals surface area contributed by atoms with Crippen LogP contribution in [0.3, 0.4) is 0 Å². The highest BCUT2D eigenvalue weighted by Crippen LogP contribution is 2.21. The van der Waals surface area contributed by atoms with Gasteiger partial charge in [0.1, 0.15) is 26.2 Å². The molecule has 2 N–H and O–H groups in total. The molecule has 6 nitrogen and oxygen atoms in total. The molecule has 0 atom stereocenters. The zero-order valence-corrected chi connectivity index (χ0v) is 16.5. The van der Waals surface area contributed by atoms with Gasteiger partial charge in [0, 0.05) is 23.6 Å². The summed E-state index contributed by atoms with van der Waals surface area (Å²) in [6.07, 6.45) is 3.59. The average Bonchev–Trinajstić information content (AvgIpc) is 3.06. The maximum Gasteiger partial charge on any atom is 0.207 e. The van der Waals surface area contributed by atoms with Gasteiger partial charge in [-0.3, -0.25) is 9.55 Å². The number of rotatable bonds is 5. The zero-order chi connectivity index (χ0) is 18.6. The number of likely N-dealkylation sites (N-methyl/N-ethyl adjacent to an activating group) is 1. The van der Waals surface area contributed by atoms with Crippen LogP contribution in [0.5, 0.6) is 0 Å². The van der Waals surface area contributed by atoms with Crippen LogP contribution in [-0.2, 0) is 6.67 Å². The van der Waals surface area contributed by atoms with Crippen LogP contribution in [0.2, 0.25) is 0 Å². The summed E-state index contributed by atoms with van der Waals surface area (Å²) in [4.78, 5) is 7.37. The van der Waals surface area contributed by atoms with Gasteiger partial charge in [0.2, 0.25) is 4.77 Å². The minimum absolute atomic E-state index is 0.741. The fourth-order valence-corrected chi connectivity index (χ4v) is 3.99. The molecule has 2 aromatic heterocycles. The summed E-state index contributed by atoms with van der Waals surface area (Å²) in [5, 5.41) is 4.91. The van der Waals surface area contributed by atoms with Crippen molar-refractivity contribution in [3.05, 3.63) is 59.6 Å². The Kier molecular flexibility index (Phi) is 5.42. The van der Waals surface area contributed by atoms with Crippen LogP contribution < -0.4 is 9.80 Å². The van der Waals surface area contributed by atoms with E-state index in [9.17, 15) is 0 Å². The second-order valence-electron chi connectivity index (χ2n) is 7.02. The van der Waals surface area contributed by atoms with Crippen molar-refractivity contribution in [2.75, 3.05) is 32.7 Å². The maximum absolute atomic E-state index is 5.84. The Hall–Kier alpha value is -2.35. The van der Waals surface area contributed by atoms with Crippen LogP contribution >= 0.6 is 12.2 Å². The molecule has 7 heteroatoms. The Labute approximate surface area is 164 Å². The molecule has 1 aliphatic heterocycles. The molecule has 0 unspecified atom stereocenters. The van der Waals surface area contributed by atoms with E-state index in [-0.39, 0.29) is 0 Å². The number of piperazine rings is 1. The topological polar surface area (TPSA) is 44.5 Å². The normalized spacial score (nSPS) is 19.9. The van der Waals surface area contributed by atoms with E-state index < -0.39 is 0 Å². The SMILES string of the molecule is CC[NH+]1CC[NH+](Cn2nc(-c3ccncc3)n(-c3ccccc3)c2=S)CC1. The van der Waals surface area contributed by atoms with E-state index in [1.54, 1.807) is 22.2 Å². The second kappa shape index (κ2) is 8.12. The van der Waals surface area contributed by atoms with Gasteiger partial charge in [0.05, 0.1) is 6.54 Å². The Morgan fingerprint density at radius 2 is 1.63 bits per heavy atom. The van der Waals surface area contributed by atoms with Crippen LogP contribution in [-0.4, -0.2) is 52.1 Å². The van der Waals surface area contributed by atoms with Crippen molar-refractivity contribution in [2.24, 2.45) is 0 Å². The summed E-state index contributed by atoms with van der Waals surface area (Å²) in [6, 6.07) is 14.2. The van der Waals surface area contributed by atoms with E-state index in [4.69, 9.17) is 17.3 Å². The Balaban J connectivity index is 1.70. The summed E-state index contributed by atoms with van der Waals surface area (Å²) in [5.74, 6) is 0.866. The maximum atomic E-state index is 5.84. The Morgan fingerprint density at radius 1 is 0.963 bits per heavy atom. The number of aromatic nitrogens is 4. The third-order valence-corrected chi connectivity index (χ3v) is 5.72. The molecule has 1 aliphatic rings. The van der Waals surface area contributed by atoms with Gasteiger partial charge in [0.15, 0.2) is 12.5 Å². The average molecular weight is 383 g/mol. The van der Waals surface area contributed by atoms with Crippen LogP contribution in [0, 0.1) is 4.77 Å². The molecule has 0 amide bonds. The van der Waals surface area contributed by atoms with E-state index in [2.05, 4.69) is 28.6 Å². The molecule has 3 heterocycles. The Bertz CT molecular complexity index is 926. The minimum atomic E-state index is 0.741. The number of hydrogen-bond acceptors (Lipinski definition) is 3. The number of benzene rings is 1. The summed E-state index contributed by atoms with van der Waals surface area (Å²) < 4.78 is 4.80. The van der Waals surface area contributed by atoms with Crippen LogP contribution in [0.15, 0.2) is 54.9 Å². The molecule has 3 aromatic rings. The minimum Gasteiger partial charge on any atom is -0.326 e. The molecule has 0 saturated carbocycles. The van der Waals surface area contributed by atoms with Crippen molar-refractivity contribution >= 4 is 12.2 Å². The number of pyridine rings is 1. The van der Waals surface area contributed by atoms with Crippen molar-refractivity contribution in [3.8, 4) is 17.1 Å². The van der Waals surface area contributed by atoms with Crippen LogP contribution in [0.4, 0.5) is 0 Å². The summed E-state index contributed by atoms with van der Waals surface area (Å²) >= 11 is 5.84. The fourth-order valence-electron chi connectivity index (χ4n) is 3.69. The lowest BCUT2D eigenvalue weighted by Crippen LogP contribution is -3.27. The summed E-state index contributed by atoms with van der Waals surface area (Å²) in [7, 11) is 0. The number of nitrogens with zero attached hydrogens (tertiary/aromatic N) is 4. The van der Waals surface area contributed by atoms with Crippen molar-refractivity contribution in [2.45, 2.75) is 13.6 Å². The van der Waals surface area contributed by atoms with Crippen molar-refractivity contribution in [1.82, 2.24) is 19.3 Å². The monoisotopic (exact) mass is 382 g/mol. The molecule has 1 aromatic carbocycles.